The number of aromatic nitrogens is 1. The molecule has 1 fully saturated rings. The average molecular weight is 306 g/mol. The van der Waals surface area contributed by atoms with Gasteiger partial charge in [0.15, 0.2) is 11.6 Å². The van der Waals surface area contributed by atoms with Crippen LogP contribution in [0.25, 0.3) is 0 Å². The van der Waals surface area contributed by atoms with E-state index in [0.717, 1.165) is 42.8 Å². The van der Waals surface area contributed by atoms with Crippen LogP contribution in [0.1, 0.15) is 48.7 Å². The van der Waals surface area contributed by atoms with Gasteiger partial charge in [-0.25, -0.2) is 8.78 Å². The highest BCUT2D eigenvalue weighted by molar-refractivity contribution is 5.18. The SMILES string of the molecule is Cc1cc([C@H]2CCCCCN2Cc2ccc(F)c(F)c2)no1. The predicted molar refractivity (Wildman–Crippen MR) is 79.2 cm³/mol. The van der Waals surface area contributed by atoms with Gasteiger partial charge < -0.3 is 4.52 Å². The van der Waals surface area contributed by atoms with Crippen molar-refractivity contribution in [2.75, 3.05) is 6.54 Å². The van der Waals surface area contributed by atoms with E-state index in [1.165, 1.54) is 18.6 Å². The van der Waals surface area contributed by atoms with Gasteiger partial charge in [0.2, 0.25) is 0 Å². The highest BCUT2D eigenvalue weighted by Gasteiger charge is 2.25. The van der Waals surface area contributed by atoms with Crippen LogP contribution < -0.4 is 0 Å². The zero-order chi connectivity index (χ0) is 15.5. The Morgan fingerprint density at radius 1 is 1.18 bits per heavy atom. The second-order valence-electron chi connectivity index (χ2n) is 5.95. The fourth-order valence-electron chi connectivity index (χ4n) is 3.11. The minimum atomic E-state index is -0.803. The van der Waals surface area contributed by atoms with Crippen molar-refractivity contribution in [3.8, 4) is 0 Å². The Morgan fingerprint density at radius 3 is 2.77 bits per heavy atom. The third-order valence-corrected chi connectivity index (χ3v) is 4.22. The van der Waals surface area contributed by atoms with Crippen molar-refractivity contribution in [1.82, 2.24) is 10.1 Å². The van der Waals surface area contributed by atoms with Crippen molar-refractivity contribution in [3.05, 3.63) is 52.9 Å². The molecule has 1 atom stereocenters. The Balaban J connectivity index is 1.82. The number of aryl methyl sites for hydroxylation is 1. The number of halogens is 2. The van der Waals surface area contributed by atoms with Gasteiger partial charge in [-0.2, -0.15) is 0 Å². The predicted octanol–water partition coefficient (Wildman–Crippen LogP) is 4.38. The Hall–Kier alpha value is -1.75. The van der Waals surface area contributed by atoms with E-state index in [1.54, 1.807) is 6.07 Å². The molecular formula is C17H20F2N2O. The smallest absolute Gasteiger partial charge is 0.159 e. The molecular weight excluding hydrogens is 286 g/mol. The maximum absolute atomic E-state index is 13.4. The van der Waals surface area contributed by atoms with Crippen molar-refractivity contribution in [2.45, 2.75) is 45.2 Å². The van der Waals surface area contributed by atoms with Crippen molar-refractivity contribution >= 4 is 0 Å². The summed E-state index contributed by atoms with van der Waals surface area (Å²) in [6.45, 7) is 3.40. The van der Waals surface area contributed by atoms with E-state index in [-0.39, 0.29) is 6.04 Å². The van der Waals surface area contributed by atoms with E-state index in [0.29, 0.717) is 6.54 Å². The van der Waals surface area contributed by atoms with Crippen LogP contribution in [0.3, 0.4) is 0 Å². The Bertz CT molecular complexity index is 641. The third kappa shape index (κ3) is 3.35. The molecule has 0 radical (unpaired) electrons. The molecule has 1 aliphatic heterocycles. The first-order chi connectivity index (χ1) is 10.6. The molecule has 0 N–H and O–H groups in total. The molecule has 3 rings (SSSR count). The molecule has 0 unspecified atom stereocenters. The lowest BCUT2D eigenvalue weighted by molar-refractivity contribution is 0.183. The Kier molecular flexibility index (Phi) is 4.52. The summed E-state index contributed by atoms with van der Waals surface area (Å²) in [5, 5.41) is 4.15. The van der Waals surface area contributed by atoms with Crippen LogP contribution in [-0.2, 0) is 6.54 Å². The van der Waals surface area contributed by atoms with Gasteiger partial charge in [-0.1, -0.05) is 24.1 Å². The first-order valence-electron chi connectivity index (χ1n) is 7.74. The molecule has 0 aliphatic carbocycles. The Morgan fingerprint density at radius 2 is 2.05 bits per heavy atom. The molecule has 1 aromatic carbocycles. The van der Waals surface area contributed by atoms with Crippen LogP contribution in [0.15, 0.2) is 28.8 Å². The van der Waals surface area contributed by atoms with E-state index < -0.39 is 11.6 Å². The van der Waals surface area contributed by atoms with Crippen molar-refractivity contribution < 1.29 is 13.3 Å². The Labute approximate surface area is 128 Å². The molecule has 1 saturated heterocycles. The second-order valence-corrected chi connectivity index (χ2v) is 5.95. The summed E-state index contributed by atoms with van der Waals surface area (Å²) in [6, 6.07) is 6.26. The molecule has 1 aliphatic rings. The lowest BCUT2D eigenvalue weighted by Crippen LogP contribution is -2.28. The number of hydrogen-bond donors (Lipinski definition) is 0. The number of likely N-dealkylation sites (tertiary alicyclic amines) is 1. The van der Waals surface area contributed by atoms with E-state index >= 15 is 0 Å². The summed E-state index contributed by atoms with van der Waals surface area (Å²) < 4.78 is 31.7. The van der Waals surface area contributed by atoms with Crippen LogP contribution in [0.5, 0.6) is 0 Å². The lowest BCUT2D eigenvalue weighted by atomic mass is 10.1. The number of benzene rings is 1. The average Bonchev–Trinajstić information content (AvgIpc) is 2.79. The van der Waals surface area contributed by atoms with Gasteiger partial charge in [0.05, 0.1) is 6.04 Å². The normalized spacial score (nSPS) is 20.0. The maximum Gasteiger partial charge on any atom is 0.159 e. The number of hydrogen-bond acceptors (Lipinski definition) is 3. The molecule has 0 spiro atoms. The molecule has 22 heavy (non-hydrogen) atoms. The minimum Gasteiger partial charge on any atom is -0.361 e. The van der Waals surface area contributed by atoms with Crippen LogP contribution in [0.2, 0.25) is 0 Å². The van der Waals surface area contributed by atoms with Gasteiger partial charge in [-0.05, 0) is 44.0 Å². The number of nitrogens with zero attached hydrogens (tertiary/aromatic N) is 2. The van der Waals surface area contributed by atoms with Gasteiger partial charge in [0.1, 0.15) is 11.5 Å². The van der Waals surface area contributed by atoms with Gasteiger partial charge in [0.25, 0.3) is 0 Å². The van der Waals surface area contributed by atoms with Crippen LogP contribution in [0, 0.1) is 18.6 Å². The molecule has 1 aromatic heterocycles. The third-order valence-electron chi connectivity index (χ3n) is 4.22. The minimum absolute atomic E-state index is 0.174. The molecule has 3 nitrogen and oxygen atoms in total. The van der Waals surface area contributed by atoms with E-state index in [2.05, 4.69) is 10.1 Å². The molecule has 0 saturated carbocycles. The fraction of sp³-hybridized carbons (Fsp3) is 0.471. The van der Waals surface area contributed by atoms with Gasteiger partial charge in [-0.3, -0.25) is 4.90 Å². The first-order valence-corrected chi connectivity index (χ1v) is 7.74. The summed E-state index contributed by atoms with van der Waals surface area (Å²) in [6.07, 6.45) is 4.44. The van der Waals surface area contributed by atoms with Crippen molar-refractivity contribution in [3.63, 3.8) is 0 Å². The van der Waals surface area contributed by atoms with Crippen molar-refractivity contribution in [2.24, 2.45) is 0 Å². The molecule has 2 heterocycles. The van der Waals surface area contributed by atoms with Gasteiger partial charge in [-0.15, -0.1) is 0 Å². The summed E-state index contributed by atoms with van der Waals surface area (Å²) in [7, 11) is 0. The molecule has 2 aromatic rings. The first kappa shape index (κ1) is 15.2. The summed E-state index contributed by atoms with van der Waals surface area (Å²) in [4.78, 5) is 2.29. The largest absolute Gasteiger partial charge is 0.361 e. The van der Waals surface area contributed by atoms with E-state index in [4.69, 9.17) is 4.52 Å². The molecule has 0 amide bonds. The quantitative estimate of drug-likeness (QED) is 0.843. The summed E-state index contributed by atoms with van der Waals surface area (Å²) >= 11 is 0. The zero-order valence-corrected chi connectivity index (χ0v) is 12.7. The van der Waals surface area contributed by atoms with E-state index in [1.807, 2.05) is 13.0 Å². The van der Waals surface area contributed by atoms with Crippen LogP contribution in [-0.4, -0.2) is 16.6 Å². The molecule has 0 bridgehead atoms. The summed E-state index contributed by atoms with van der Waals surface area (Å²) in [5.41, 5.74) is 1.72. The van der Waals surface area contributed by atoms with Gasteiger partial charge >= 0.3 is 0 Å². The monoisotopic (exact) mass is 306 g/mol. The van der Waals surface area contributed by atoms with Crippen LogP contribution >= 0.6 is 0 Å². The number of rotatable bonds is 3. The highest BCUT2D eigenvalue weighted by atomic mass is 19.2. The lowest BCUT2D eigenvalue weighted by Gasteiger charge is -2.28. The van der Waals surface area contributed by atoms with Crippen LogP contribution in [0.4, 0.5) is 8.78 Å². The maximum atomic E-state index is 13.4. The van der Waals surface area contributed by atoms with E-state index in [9.17, 15) is 8.78 Å². The summed E-state index contributed by atoms with van der Waals surface area (Å²) in [5.74, 6) is -0.795. The fourth-order valence-corrected chi connectivity index (χ4v) is 3.11. The zero-order valence-electron chi connectivity index (χ0n) is 12.7. The van der Waals surface area contributed by atoms with Crippen molar-refractivity contribution in [1.29, 1.82) is 0 Å². The second kappa shape index (κ2) is 6.57. The highest BCUT2D eigenvalue weighted by Crippen LogP contribution is 2.31. The topological polar surface area (TPSA) is 29.3 Å². The molecule has 5 heteroatoms. The molecule has 118 valence electrons. The standard InChI is InChI=1S/C17H20F2N2O/c1-12-9-16(20-22-12)17-5-3-2-4-8-21(17)11-13-6-7-14(18)15(19)10-13/h6-7,9-10,17H,2-5,8,11H2,1H3/t17-/m1/s1. The van der Waals surface area contributed by atoms with Gasteiger partial charge in [0, 0.05) is 12.6 Å².